The SMILES string of the molecule is Cc1cc2c(cc1N=C1NC(=O)N(Cc3ccc[nH]c3=O)C(=O)N(Cc3cc(F)c(F)cc3F)N1)CCCO2. The summed E-state index contributed by atoms with van der Waals surface area (Å²) in [5.41, 5.74) is 4.00. The van der Waals surface area contributed by atoms with Gasteiger partial charge in [0.25, 0.3) is 5.56 Å². The summed E-state index contributed by atoms with van der Waals surface area (Å²) in [4.78, 5) is 46.5. The van der Waals surface area contributed by atoms with Crippen LogP contribution < -0.4 is 21.0 Å². The number of imide groups is 1. The zero-order valence-corrected chi connectivity index (χ0v) is 20.7. The molecule has 10 nitrogen and oxygen atoms in total. The highest BCUT2D eigenvalue weighted by molar-refractivity contribution is 6.06. The first-order chi connectivity index (χ1) is 18.7. The number of aromatic amines is 1. The molecule has 0 unspecified atom stereocenters. The van der Waals surface area contributed by atoms with Crippen LogP contribution in [0.1, 0.15) is 28.7 Å². The number of nitrogens with zero attached hydrogens (tertiary/aromatic N) is 3. The molecule has 4 amide bonds. The Morgan fingerprint density at radius 3 is 2.59 bits per heavy atom. The fourth-order valence-electron chi connectivity index (χ4n) is 4.24. The number of amides is 4. The highest BCUT2D eigenvalue weighted by Crippen LogP contribution is 2.32. The van der Waals surface area contributed by atoms with E-state index in [1.165, 1.54) is 18.3 Å². The van der Waals surface area contributed by atoms with Crippen molar-refractivity contribution < 1.29 is 27.5 Å². The number of benzene rings is 2. The molecule has 202 valence electrons. The van der Waals surface area contributed by atoms with Crippen LogP contribution in [0, 0.1) is 24.4 Å². The fraction of sp³-hybridized carbons (Fsp3) is 0.231. The summed E-state index contributed by atoms with van der Waals surface area (Å²) in [5, 5.41) is 3.32. The van der Waals surface area contributed by atoms with Gasteiger partial charge in [0.15, 0.2) is 11.6 Å². The van der Waals surface area contributed by atoms with E-state index in [4.69, 9.17) is 4.74 Å². The Morgan fingerprint density at radius 2 is 1.79 bits per heavy atom. The van der Waals surface area contributed by atoms with Crippen LogP contribution in [-0.4, -0.2) is 39.5 Å². The van der Waals surface area contributed by atoms with Crippen molar-refractivity contribution >= 4 is 23.7 Å². The Bertz CT molecular complexity index is 1560. The van der Waals surface area contributed by atoms with E-state index in [0.29, 0.717) is 29.3 Å². The molecule has 3 heterocycles. The number of pyridine rings is 1. The van der Waals surface area contributed by atoms with Crippen LogP contribution in [0.4, 0.5) is 28.4 Å². The van der Waals surface area contributed by atoms with Crippen LogP contribution in [0.15, 0.2) is 52.4 Å². The van der Waals surface area contributed by atoms with Gasteiger partial charge in [-0.05, 0) is 55.2 Å². The summed E-state index contributed by atoms with van der Waals surface area (Å²) < 4.78 is 47.6. The van der Waals surface area contributed by atoms with Gasteiger partial charge in [0.05, 0.1) is 25.4 Å². The third kappa shape index (κ3) is 5.42. The largest absolute Gasteiger partial charge is 0.493 e. The molecule has 0 bridgehead atoms. The quantitative estimate of drug-likeness (QED) is 0.426. The first-order valence-corrected chi connectivity index (χ1v) is 12.0. The Balaban J connectivity index is 1.53. The summed E-state index contributed by atoms with van der Waals surface area (Å²) in [6, 6.07) is 5.67. The second-order valence-corrected chi connectivity index (χ2v) is 9.04. The van der Waals surface area contributed by atoms with E-state index >= 15 is 0 Å². The van der Waals surface area contributed by atoms with Gasteiger partial charge in [-0.15, -0.1) is 0 Å². The lowest BCUT2D eigenvalue weighted by atomic mass is 10.0. The van der Waals surface area contributed by atoms with Gasteiger partial charge in [0.1, 0.15) is 11.6 Å². The maximum absolute atomic E-state index is 14.5. The number of carbonyl (C=O) groups excluding carboxylic acids is 2. The van der Waals surface area contributed by atoms with Crippen molar-refractivity contribution in [2.75, 3.05) is 6.61 Å². The van der Waals surface area contributed by atoms with Crippen LogP contribution in [0.25, 0.3) is 0 Å². The topological polar surface area (TPSA) is 119 Å². The van der Waals surface area contributed by atoms with E-state index in [2.05, 4.69) is 20.7 Å². The second-order valence-electron chi connectivity index (χ2n) is 9.04. The number of aryl methyl sites for hydroxylation is 2. The average molecular weight is 541 g/mol. The number of hydrogen-bond acceptors (Lipinski definition) is 5. The molecule has 13 heteroatoms. The van der Waals surface area contributed by atoms with E-state index in [0.717, 1.165) is 34.7 Å². The molecule has 5 rings (SSSR count). The molecule has 1 aromatic heterocycles. The molecule has 3 N–H and O–H groups in total. The third-order valence-electron chi connectivity index (χ3n) is 6.28. The third-order valence-corrected chi connectivity index (χ3v) is 6.28. The van der Waals surface area contributed by atoms with Crippen molar-refractivity contribution in [1.82, 2.24) is 25.6 Å². The lowest BCUT2D eigenvalue weighted by Gasteiger charge is -2.25. The highest BCUT2D eigenvalue weighted by atomic mass is 19.2. The molecule has 2 aliphatic rings. The number of carbonyl (C=O) groups is 2. The fourth-order valence-corrected chi connectivity index (χ4v) is 4.24. The summed E-state index contributed by atoms with van der Waals surface area (Å²) in [6.45, 7) is 1.37. The maximum Gasteiger partial charge on any atom is 0.347 e. The number of halogens is 3. The number of H-pyrrole nitrogens is 1. The number of guanidine groups is 1. The van der Waals surface area contributed by atoms with Crippen LogP contribution in [0.2, 0.25) is 0 Å². The zero-order valence-electron chi connectivity index (χ0n) is 20.7. The number of aromatic nitrogens is 1. The van der Waals surface area contributed by atoms with Crippen molar-refractivity contribution in [3.05, 3.63) is 92.7 Å². The van der Waals surface area contributed by atoms with Gasteiger partial charge in [0, 0.05) is 23.4 Å². The number of aliphatic imine (C=N–C) groups is 1. The van der Waals surface area contributed by atoms with E-state index < -0.39 is 48.2 Å². The van der Waals surface area contributed by atoms with Crippen molar-refractivity contribution in [2.24, 2.45) is 4.99 Å². The molecule has 0 saturated carbocycles. The Hall–Kier alpha value is -4.81. The van der Waals surface area contributed by atoms with Crippen LogP contribution in [-0.2, 0) is 19.5 Å². The van der Waals surface area contributed by atoms with Gasteiger partial charge in [0.2, 0.25) is 5.96 Å². The highest BCUT2D eigenvalue weighted by Gasteiger charge is 2.33. The molecule has 1 saturated heterocycles. The second kappa shape index (κ2) is 10.5. The van der Waals surface area contributed by atoms with Gasteiger partial charge >= 0.3 is 12.1 Å². The summed E-state index contributed by atoms with van der Waals surface area (Å²) in [5.74, 6) is -3.23. The lowest BCUT2D eigenvalue weighted by Crippen LogP contribution is -2.49. The number of fused-ring (bicyclic) bond motifs is 1. The summed E-state index contributed by atoms with van der Waals surface area (Å²) >= 11 is 0. The normalized spacial score (nSPS) is 16.4. The van der Waals surface area contributed by atoms with E-state index in [9.17, 15) is 27.6 Å². The van der Waals surface area contributed by atoms with Crippen molar-refractivity contribution in [2.45, 2.75) is 32.9 Å². The van der Waals surface area contributed by atoms with Gasteiger partial charge in [-0.25, -0.2) is 37.7 Å². The molecular weight excluding hydrogens is 517 g/mol. The Morgan fingerprint density at radius 1 is 1.00 bits per heavy atom. The molecule has 2 aliphatic heterocycles. The molecule has 1 fully saturated rings. The number of rotatable bonds is 5. The number of ether oxygens (including phenoxy) is 1. The smallest absolute Gasteiger partial charge is 0.347 e. The minimum Gasteiger partial charge on any atom is -0.493 e. The molecule has 0 atom stereocenters. The monoisotopic (exact) mass is 540 g/mol. The molecule has 39 heavy (non-hydrogen) atoms. The van der Waals surface area contributed by atoms with Crippen LogP contribution >= 0.6 is 0 Å². The van der Waals surface area contributed by atoms with Crippen molar-refractivity contribution in [3.8, 4) is 5.75 Å². The Kier molecular flexibility index (Phi) is 6.96. The van der Waals surface area contributed by atoms with Gasteiger partial charge in [-0.1, -0.05) is 6.07 Å². The van der Waals surface area contributed by atoms with Crippen LogP contribution in [0.3, 0.4) is 0 Å². The first-order valence-electron chi connectivity index (χ1n) is 12.0. The zero-order chi connectivity index (χ0) is 27.7. The van der Waals surface area contributed by atoms with Crippen molar-refractivity contribution in [3.63, 3.8) is 0 Å². The standard InChI is InChI=1S/C26H23F3N6O4/c1-14-8-22-15(5-3-7-39-22)10-21(14)31-24-32-25(37)34(12-16-4-2-6-30-23(16)36)26(38)35(33-24)13-17-9-19(28)20(29)11-18(17)27/h2,4,6,8-11H,3,5,7,12-13H2,1H3,(H,30,36)(H2,31,32,33,37). The molecule has 0 spiro atoms. The summed E-state index contributed by atoms with van der Waals surface area (Å²) in [6.07, 6.45) is 3.00. The minimum atomic E-state index is -1.39. The minimum absolute atomic E-state index is 0.103. The first kappa shape index (κ1) is 25.8. The molecule has 0 aliphatic carbocycles. The van der Waals surface area contributed by atoms with E-state index in [1.807, 2.05) is 6.07 Å². The van der Waals surface area contributed by atoms with E-state index in [-0.39, 0.29) is 17.1 Å². The number of hydrogen-bond donors (Lipinski definition) is 3. The lowest BCUT2D eigenvalue weighted by molar-refractivity contribution is 0.146. The van der Waals surface area contributed by atoms with Crippen LogP contribution in [0.5, 0.6) is 5.75 Å². The Labute approximate surface area is 220 Å². The van der Waals surface area contributed by atoms with E-state index in [1.54, 1.807) is 13.0 Å². The summed E-state index contributed by atoms with van der Waals surface area (Å²) in [7, 11) is 0. The molecule has 2 aromatic carbocycles. The number of nitrogens with one attached hydrogen (secondary N) is 3. The average Bonchev–Trinajstić information content (AvgIpc) is 3.00. The van der Waals surface area contributed by atoms with Gasteiger partial charge in [-0.3, -0.25) is 15.5 Å². The maximum atomic E-state index is 14.5. The molecule has 0 radical (unpaired) electrons. The number of urea groups is 2. The molecule has 3 aromatic rings. The van der Waals surface area contributed by atoms with Gasteiger partial charge in [-0.2, -0.15) is 0 Å². The van der Waals surface area contributed by atoms with Crippen molar-refractivity contribution in [1.29, 1.82) is 0 Å². The van der Waals surface area contributed by atoms with Gasteiger partial charge < -0.3 is 9.72 Å². The predicted octanol–water partition coefficient (Wildman–Crippen LogP) is 3.77. The molecular formula is C26H23F3N6O4. The number of hydrazine groups is 1. The predicted molar refractivity (Wildman–Crippen MR) is 134 cm³/mol.